The van der Waals surface area contributed by atoms with Gasteiger partial charge in [0.05, 0.1) is 11.2 Å². The van der Waals surface area contributed by atoms with E-state index in [0.717, 1.165) is 5.56 Å². The van der Waals surface area contributed by atoms with Gasteiger partial charge >= 0.3 is 6.18 Å². The second-order valence-electron chi connectivity index (χ2n) is 5.71. The van der Waals surface area contributed by atoms with Gasteiger partial charge in [0.2, 0.25) is 0 Å². The van der Waals surface area contributed by atoms with Gasteiger partial charge in [0, 0.05) is 17.9 Å². The van der Waals surface area contributed by atoms with Crippen molar-refractivity contribution in [2.24, 2.45) is 0 Å². The molecule has 0 amide bonds. The molecule has 0 aliphatic rings. The first-order valence-corrected chi connectivity index (χ1v) is 8.84. The second kappa shape index (κ2) is 6.80. The molecule has 3 aromatic rings. The van der Waals surface area contributed by atoms with E-state index in [1.807, 2.05) is 12.3 Å². The third-order valence-electron chi connectivity index (χ3n) is 3.78. The number of hydrogen-bond acceptors (Lipinski definition) is 3. The summed E-state index contributed by atoms with van der Waals surface area (Å²) in [6.45, 7) is 1.83. The van der Waals surface area contributed by atoms with Crippen LogP contribution < -0.4 is 5.56 Å². The van der Waals surface area contributed by atoms with Crippen LogP contribution in [0.5, 0.6) is 0 Å². The molecule has 2 heterocycles. The van der Waals surface area contributed by atoms with Crippen LogP contribution in [-0.4, -0.2) is 15.7 Å². The molecule has 3 nitrogen and oxygen atoms in total. The molecule has 2 aromatic heterocycles. The van der Waals surface area contributed by atoms with Crippen LogP contribution in [0, 0.1) is 6.92 Å². The van der Waals surface area contributed by atoms with Crippen molar-refractivity contribution >= 4 is 33.2 Å². The lowest BCUT2D eigenvalue weighted by atomic mass is 10.2. The SMILES string of the molecule is Cc1csc2c(=O)n(-c3ccc(Cl)cc3)c(CCCC(F)(F)F)nc12. The van der Waals surface area contributed by atoms with E-state index in [4.69, 9.17) is 11.6 Å². The lowest BCUT2D eigenvalue weighted by molar-refractivity contribution is -0.135. The van der Waals surface area contributed by atoms with Crippen LogP contribution in [-0.2, 0) is 6.42 Å². The van der Waals surface area contributed by atoms with Crippen LogP contribution >= 0.6 is 22.9 Å². The highest BCUT2D eigenvalue weighted by Crippen LogP contribution is 2.25. The number of benzene rings is 1. The average Bonchev–Trinajstić information content (AvgIpc) is 2.89. The standard InChI is InChI=1S/C17H14ClF3N2OS/c1-10-9-25-15-14(10)22-13(3-2-8-17(19,20)21)23(16(15)24)12-6-4-11(18)5-7-12/h4-7,9H,2-3,8H2,1H3. The highest BCUT2D eigenvalue weighted by atomic mass is 35.5. The van der Waals surface area contributed by atoms with Crippen molar-refractivity contribution in [2.75, 3.05) is 0 Å². The molecule has 0 radical (unpaired) electrons. The number of hydrogen-bond donors (Lipinski definition) is 0. The molecule has 0 atom stereocenters. The summed E-state index contributed by atoms with van der Waals surface area (Å²) in [6.07, 6.45) is -5.21. The molecule has 0 saturated heterocycles. The Hall–Kier alpha value is -1.86. The van der Waals surface area contributed by atoms with Crippen molar-refractivity contribution in [3.63, 3.8) is 0 Å². The highest BCUT2D eigenvalue weighted by Gasteiger charge is 2.26. The summed E-state index contributed by atoms with van der Waals surface area (Å²) >= 11 is 7.17. The van der Waals surface area contributed by atoms with E-state index in [1.54, 1.807) is 24.3 Å². The zero-order valence-corrected chi connectivity index (χ0v) is 14.8. The van der Waals surface area contributed by atoms with E-state index in [2.05, 4.69) is 4.98 Å². The van der Waals surface area contributed by atoms with Gasteiger partial charge in [0.25, 0.3) is 5.56 Å². The predicted molar refractivity (Wildman–Crippen MR) is 94.0 cm³/mol. The van der Waals surface area contributed by atoms with Crippen LogP contribution in [0.2, 0.25) is 5.02 Å². The van der Waals surface area contributed by atoms with Crippen LogP contribution in [0.15, 0.2) is 34.4 Å². The zero-order chi connectivity index (χ0) is 18.2. The Morgan fingerprint density at radius 2 is 1.92 bits per heavy atom. The molecule has 0 saturated carbocycles. The number of alkyl halides is 3. The van der Waals surface area contributed by atoms with Gasteiger partial charge in [-0.05, 0) is 48.6 Å². The van der Waals surface area contributed by atoms with E-state index >= 15 is 0 Å². The smallest absolute Gasteiger partial charge is 0.267 e. The summed E-state index contributed by atoms with van der Waals surface area (Å²) in [4.78, 5) is 17.4. The maximum atomic E-state index is 12.9. The molecular formula is C17H14ClF3N2OS. The third-order valence-corrected chi connectivity index (χ3v) is 5.11. The van der Waals surface area contributed by atoms with Crippen molar-refractivity contribution in [2.45, 2.75) is 32.4 Å². The molecule has 0 unspecified atom stereocenters. The Bertz CT molecular complexity index is 961. The Morgan fingerprint density at radius 3 is 2.56 bits per heavy atom. The molecule has 0 fully saturated rings. The minimum atomic E-state index is -4.23. The molecule has 25 heavy (non-hydrogen) atoms. The normalized spacial score (nSPS) is 12.0. The first kappa shape index (κ1) is 17.9. The Morgan fingerprint density at radius 1 is 1.24 bits per heavy atom. The van der Waals surface area contributed by atoms with Crippen molar-refractivity contribution in [1.82, 2.24) is 9.55 Å². The summed E-state index contributed by atoms with van der Waals surface area (Å²) < 4.78 is 39.3. The van der Waals surface area contributed by atoms with E-state index in [9.17, 15) is 18.0 Å². The minimum Gasteiger partial charge on any atom is -0.267 e. The van der Waals surface area contributed by atoms with Crippen LogP contribution in [0.1, 0.15) is 24.2 Å². The first-order chi connectivity index (χ1) is 11.8. The van der Waals surface area contributed by atoms with Gasteiger partial charge < -0.3 is 0 Å². The lowest BCUT2D eigenvalue weighted by Crippen LogP contribution is -2.23. The number of rotatable bonds is 4. The fourth-order valence-corrected chi connectivity index (χ4v) is 3.64. The molecule has 3 rings (SSSR count). The molecule has 0 spiro atoms. The summed E-state index contributed by atoms with van der Waals surface area (Å²) in [6, 6.07) is 6.58. The summed E-state index contributed by atoms with van der Waals surface area (Å²) in [5, 5.41) is 2.33. The molecule has 0 aliphatic carbocycles. The van der Waals surface area contributed by atoms with E-state index in [0.29, 0.717) is 26.8 Å². The van der Waals surface area contributed by atoms with Crippen molar-refractivity contribution in [3.8, 4) is 5.69 Å². The van der Waals surface area contributed by atoms with Crippen LogP contribution in [0.3, 0.4) is 0 Å². The predicted octanol–water partition coefficient (Wildman–Crippen LogP) is 5.29. The number of halogens is 4. The maximum Gasteiger partial charge on any atom is 0.389 e. The van der Waals surface area contributed by atoms with Gasteiger partial charge in [-0.25, -0.2) is 4.98 Å². The van der Waals surface area contributed by atoms with Gasteiger partial charge in [-0.2, -0.15) is 13.2 Å². The van der Waals surface area contributed by atoms with Gasteiger partial charge in [-0.15, -0.1) is 11.3 Å². The first-order valence-electron chi connectivity index (χ1n) is 7.59. The van der Waals surface area contributed by atoms with Gasteiger partial charge in [-0.1, -0.05) is 11.6 Å². The van der Waals surface area contributed by atoms with Gasteiger partial charge in [0.1, 0.15) is 10.5 Å². The van der Waals surface area contributed by atoms with Crippen molar-refractivity contribution in [1.29, 1.82) is 0 Å². The molecule has 1 aromatic carbocycles. The Balaban J connectivity index is 2.11. The van der Waals surface area contributed by atoms with Gasteiger partial charge in [0.15, 0.2) is 0 Å². The largest absolute Gasteiger partial charge is 0.389 e. The Kier molecular flexibility index (Phi) is 4.88. The molecule has 0 aliphatic heterocycles. The van der Waals surface area contributed by atoms with E-state index in [-0.39, 0.29) is 18.4 Å². The third kappa shape index (κ3) is 3.88. The summed E-state index contributed by atoms with van der Waals surface area (Å²) in [5.41, 5.74) is 1.67. The zero-order valence-electron chi connectivity index (χ0n) is 13.2. The minimum absolute atomic E-state index is 0.0581. The van der Waals surface area contributed by atoms with Crippen molar-refractivity contribution < 1.29 is 13.2 Å². The number of fused-ring (bicyclic) bond motifs is 1. The summed E-state index contributed by atoms with van der Waals surface area (Å²) in [5.74, 6) is 0.325. The number of thiophene rings is 1. The topological polar surface area (TPSA) is 34.9 Å². The highest BCUT2D eigenvalue weighted by molar-refractivity contribution is 7.17. The molecule has 132 valence electrons. The number of nitrogens with zero attached hydrogens (tertiary/aromatic N) is 2. The van der Waals surface area contributed by atoms with Crippen LogP contribution in [0.4, 0.5) is 13.2 Å². The summed E-state index contributed by atoms with van der Waals surface area (Å²) in [7, 11) is 0. The fourth-order valence-electron chi connectivity index (χ4n) is 2.60. The fraction of sp³-hybridized carbons (Fsp3) is 0.294. The molecule has 0 N–H and O–H groups in total. The molecule has 8 heteroatoms. The second-order valence-corrected chi connectivity index (χ2v) is 7.03. The number of aromatic nitrogens is 2. The van der Waals surface area contributed by atoms with E-state index in [1.165, 1.54) is 15.9 Å². The quantitative estimate of drug-likeness (QED) is 0.610. The van der Waals surface area contributed by atoms with Crippen molar-refractivity contribution in [3.05, 3.63) is 56.4 Å². The van der Waals surface area contributed by atoms with Gasteiger partial charge in [-0.3, -0.25) is 9.36 Å². The average molecular weight is 387 g/mol. The molecule has 0 bridgehead atoms. The molecular weight excluding hydrogens is 373 g/mol. The van der Waals surface area contributed by atoms with Crippen LogP contribution in [0.25, 0.3) is 15.9 Å². The lowest BCUT2D eigenvalue weighted by Gasteiger charge is -2.13. The monoisotopic (exact) mass is 386 g/mol. The maximum absolute atomic E-state index is 12.9. The van der Waals surface area contributed by atoms with E-state index < -0.39 is 12.6 Å². The number of aryl methyl sites for hydroxylation is 2. The Labute approximate surface area is 150 Å².